The van der Waals surface area contributed by atoms with Gasteiger partial charge in [0.15, 0.2) is 0 Å². The number of hydrogen-bond donors (Lipinski definition) is 2. The number of hydrogen-bond acceptors (Lipinski definition) is 3. The predicted octanol–water partition coefficient (Wildman–Crippen LogP) is 3.42. The molecular weight excluding hydrogens is 230 g/mol. The number of aliphatic hydroxyl groups excluding tert-OH is 1. The van der Waals surface area contributed by atoms with Gasteiger partial charge in [-0.05, 0) is 37.8 Å². The Morgan fingerprint density at radius 1 is 1.35 bits per heavy atom. The van der Waals surface area contributed by atoms with E-state index in [1.54, 1.807) is 0 Å². The van der Waals surface area contributed by atoms with Crippen LogP contribution in [-0.2, 0) is 0 Å². The first-order valence-electron chi connectivity index (χ1n) is 6.20. The molecule has 1 heterocycles. The molecule has 1 aromatic heterocycles. The first-order chi connectivity index (χ1) is 7.71. The minimum atomic E-state index is -0.315. The van der Waals surface area contributed by atoms with E-state index in [1.165, 1.54) is 15.3 Å². The van der Waals surface area contributed by atoms with Crippen LogP contribution in [0.2, 0.25) is 0 Å². The average Bonchev–Trinajstić information content (AvgIpc) is 2.52. The fraction of sp³-hybridized carbons (Fsp3) is 0.714. The van der Waals surface area contributed by atoms with Crippen molar-refractivity contribution in [2.24, 2.45) is 5.41 Å². The lowest BCUT2D eigenvalue weighted by Gasteiger charge is -2.27. The highest BCUT2D eigenvalue weighted by Gasteiger charge is 2.22. The van der Waals surface area contributed by atoms with E-state index in [1.807, 2.05) is 11.3 Å². The first kappa shape index (κ1) is 14.7. The SMILES string of the molecule is Cc1cc(C(C)NCC(O)C(C)(C)C)c(C)s1. The Kier molecular flexibility index (Phi) is 4.76. The standard InChI is InChI=1S/C14H25NOS/c1-9-7-12(11(3)17-9)10(2)15-8-13(16)14(4,5)6/h7,10,13,15-16H,8H2,1-6H3. The van der Waals surface area contributed by atoms with E-state index < -0.39 is 0 Å². The molecule has 2 atom stereocenters. The van der Waals surface area contributed by atoms with E-state index in [4.69, 9.17) is 0 Å². The molecule has 0 aliphatic carbocycles. The molecule has 2 N–H and O–H groups in total. The van der Waals surface area contributed by atoms with E-state index in [-0.39, 0.29) is 11.5 Å². The second kappa shape index (κ2) is 5.51. The van der Waals surface area contributed by atoms with Crippen LogP contribution >= 0.6 is 11.3 Å². The first-order valence-corrected chi connectivity index (χ1v) is 7.02. The number of aryl methyl sites for hydroxylation is 2. The van der Waals surface area contributed by atoms with Crippen molar-refractivity contribution < 1.29 is 5.11 Å². The third kappa shape index (κ3) is 4.09. The lowest BCUT2D eigenvalue weighted by molar-refractivity contribution is 0.0609. The molecule has 2 unspecified atom stereocenters. The zero-order valence-electron chi connectivity index (χ0n) is 11.8. The van der Waals surface area contributed by atoms with Crippen LogP contribution in [-0.4, -0.2) is 17.8 Å². The Hall–Kier alpha value is -0.380. The molecule has 0 spiro atoms. The van der Waals surface area contributed by atoms with Gasteiger partial charge in [-0.1, -0.05) is 20.8 Å². The van der Waals surface area contributed by atoms with Crippen molar-refractivity contribution in [1.82, 2.24) is 5.32 Å². The molecular formula is C14H25NOS. The Balaban J connectivity index is 2.56. The summed E-state index contributed by atoms with van der Waals surface area (Å²) in [4.78, 5) is 2.72. The second-order valence-electron chi connectivity index (χ2n) is 5.88. The number of thiophene rings is 1. The van der Waals surface area contributed by atoms with Gasteiger partial charge >= 0.3 is 0 Å². The zero-order chi connectivity index (χ0) is 13.2. The fourth-order valence-electron chi connectivity index (χ4n) is 1.78. The van der Waals surface area contributed by atoms with Crippen LogP contribution in [0.4, 0.5) is 0 Å². The lowest BCUT2D eigenvalue weighted by Crippen LogP contribution is -2.37. The molecule has 0 aliphatic rings. The van der Waals surface area contributed by atoms with Crippen LogP contribution in [0, 0.1) is 19.3 Å². The molecule has 2 nitrogen and oxygen atoms in total. The van der Waals surface area contributed by atoms with Crippen molar-refractivity contribution >= 4 is 11.3 Å². The summed E-state index contributed by atoms with van der Waals surface area (Å²) in [6.07, 6.45) is -0.315. The predicted molar refractivity (Wildman–Crippen MR) is 75.7 cm³/mol. The molecule has 0 aromatic carbocycles. The van der Waals surface area contributed by atoms with Gasteiger partial charge in [0.25, 0.3) is 0 Å². The van der Waals surface area contributed by atoms with Crippen LogP contribution in [0.1, 0.15) is 49.1 Å². The highest BCUT2D eigenvalue weighted by atomic mass is 32.1. The van der Waals surface area contributed by atoms with E-state index in [0.717, 1.165) is 0 Å². The van der Waals surface area contributed by atoms with Gasteiger partial charge < -0.3 is 10.4 Å². The number of rotatable bonds is 4. The molecule has 1 aromatic rings. The highest BCUT2D eigenvalue weighted by molar-refractivity contribution is 7.12. The summed E-state index contributed by atoms with van der Waals surface area (Å²) >= 11 is 1.83. The van der Waals surface area contributed by atoms with Crippen molar-refractivity contribution in [1.29, 1.82) is 0 Å². The molecule has 0 aliphatic heterocycles. The highest BCUT2D eigenvalue weighted by Crippen LogP contribution is 2.26. The Morgan fingerprint density at radius 2 is 1.94 bits per heavy atom. The van der Waals surface area contributed by atoms with E-state index in [9.17, 15) is 5.11 Å². The molecule has 98 valence electrons. The molecule has 3 heteroatoms. The molecule has 0 fully saturated rings. The molecule has 0 saturated heterocycles. The van der Waals surface area contributed by atoms with Gasteiger partial charge in [0.2, 0.25) is 0 Å². The third-order valence-electron chi connectivity index (χ3n) is 3.16. The van der Waals surface area contributed by atoms with E-state index >= 15 is 0 Å². The topological polar surface area (TPSA) is 32.3 Å². The number of nitrogens with one attached hydrogen (secondary N) is 1. The molecule has 0 radical (unpaired) electrons. The fourth-order valence-corrected chi connectivity index (χ4v) is 2.81. The van der Waals surface area contributed by atoms with Crippen molar-refractivity contribution in [2.75, 3.05) is 6.54 Å². The van der Waals surface area contributed by atoms with Gasteiger partial charge in [0.05, 0.1) is 6.10 Å². The summed E-state index contributed by atoms with van der Waals surface area (Å²) in [5.41, 5.74) is 1.29. The Bertz CT molecular complexity index is 365. The normalized spacial score (nSPS) is 15.9. The molecule has 0 saturated carbocycles. The monoisotopic (exact) mass is 255 g/mol. The maximum absolute atomic E-state index is 10.00. The minimum Gasteiger partial charge on any atom is -0.391 e. The summed E-state index contributed by atoms with van der Waals surface area (Å²) in [5.74, 6) is 0. The molecule has 17 heavy (non-hydrogen) atoms. The van der Waals surface area contributed by atoms with Crippen molar-refractivity contribution in [3.63, 3.8) is 0 Å². The van der Waals surface area contributed by atoms with Gasteiger partial charge in [-0.3, -0.25) is 0 Å². The van der Waals surface area contributed by atoms with Crippen LogP contribution in [0.5, 0.6) is 0 Å². The second-order valence-corrected chi connectivity index (χ2v) is 7.34. The quantitative estimate of drug-likeness (QED) is 0.864. The minimum absolute atomic E-state index is 0.0632. The molecule has 0 amide bonds. The Labute approximate surface area is 109 Å². The largest absolute Gasteiger partial charge is 0.391 e. The maximum atomic E-state index is 10.00. The van der Waals surface area contributed by atoms with E-state index in [0.29, 0.717) is 12.6 Å². The summed E-state index contributed by atoms with van der Waals surface area (Å²) in [5, 5.41) is 13.4. The summed E-state index contributed by atoms with van der Waals surface area (Å²) in [6.45, 7) is 13.3. The van der Waals surface area contributed by atoms with Crippen LogP contribution < -0.4 is 5.32 Å². The molecule has 1 rings (SSSR count). The van der Waals surface area contributed by atoms with Crippen LogP contribution in [0.15, 0.2) is 6.07 Å². The average molecular weight is 255 g/mol. The summed E-state index contributed by atoms with van der Waals surface area (Å²) in [6, 6.07) is 2.54. The Morgan fingerprint density at radius 3 is 2.35 bits per heavy atom. The van der Waals surface area contributed by atoms with Gasteiger partial charge in [-0.15, -0.1) is 11.3 Å². The number of aliphatic hydroxyl groups is 1. The smallest absolute Gasteiger partial charge is 0.0712 e. The van der Waals surface area contributed by atoms with Crippen molar-refractivity contribution in [3.05, 3.63) is 21.4 Å². The van der Waals surface area contributed by atoms with Crippen molar-refractivity contribution in [2.45, 2.75) is 53.7 Å². The lowest BCUT2D eigenvalue weighted by atomic mass is 9.89. The molecule has 0 bridgehead atoms. The zero-order valence-corrected chi connectivity index (χ0v) is 12.6. The van der Waals surface area contributed by atoms with Gasteiger partial charge in [0.1, 0.15) is 0 Å². The van der Waals surface area contributed by atoms with Gasteiger partial charge in [-0.2, -0.15) is 0 Å². The van der Waals surface area contributed by atoms with Crippen LogP contribution in [0.3, 0.4) is 0 Å². The van der Waals surface area contributed by atoms with Gasteiger partial charge in [-0.25, -0.2) is 0 Å². The maximum Gasteiger partial charge on any atom is 0.0712 e. The summed E-state index contributed by atoms with van der Waals surface area (Å²) in [7, 11) is 0. The van der Waals surface area contributed by atoms with E-state index in [2.05, 4.69) is 52.9 Å². The van der Waals surface area contributed by atoms with Crippen molar-refractivity contribution in [3.8, 4) is 0 Å². The third-order valence-corrected chi connectivity index (χ3v) is 4.14. The van der Waals surface area contributed by atoms with Gasteiger partial charge in [0, 0.05) is 22.3 Å². The van der Waals surface area contributed by atoms with Crippen LogP contribution in [0.25, 0.3) is 0 Å². The summed E-state index contributed by atoms with van der Waals surface area (Å²) < 4.78 is 0.